The Labute approximate surface area is 103 Å². The van der Waals surface area contributed by atoms with Crippen molar-refractivity contribution in [1.29, 1.82) is 0 Å². The summed E-state index contributed by atoms with van der Waals surface area (Å²) in [6.07, 6.45) is 1.99. The third-order valence-electron chi connectivity index (χ3n) is 3.12. The lowest BCUT2D eigenvalue weighted by atomic mass is 10.1. The number of benzene rings is 1. The first-order valence-corrected chi connectivity index (χ1v) is 6.19. The quantitative estimate of drug-likeness (QED) is 0.893. The maximum atomic E-state index is 13.3. The molecular weight excluding hydrogens is 273 g/mol. The van der Waals surface area contributed by atoms with Gasteiger partial charge in [-0.05, 0) is 53.4 Å². The Morgan fingerprint density at radius 2 is 2.25 bits per heavy atom. The van der Waals surface area contributed by atoms with Crippen molar-refractivity contribution in [3.8, 4) is 0 Å². The fraction of sp³-hybridized carbons (Fsp3) is 0.500. The first kappa shape index (κ1) is 12.0. The predicted octanol–water partition coefficient (Wildman–Crippen LogP) is 2.76. The molecule has 0 bridgehead atoms. The molecule has 0 saturated heterocycles. The lowest BCUT2D eigenvalue weighted by molar-refractivity contribution is 0.221. The highest BCUT2D eigenvalue weighted by Gasteiger charge is 2.42. The van der Waals surface area contributed by atoms with Crippen LogP contribution in [0.5, 0.6) is 0 Å². The van der Waals surface area contributed by atoms with Gasteiger partial charge in [-0.2, -0.15) is 0 Å². The molecule has 1 unspecified atom stereocenters. The van der Waals surface area contributed by atoms with Gasteiger partial charge in [0.15, 0.2) is 0 Å². The number of halogens is 2. The molecule has 1 aromatic carbocycles. The van der Waals surface area contributed by atoms with Gasteiger partial charge in [0.05, 0.1) is 11.1 Å². The largest absolute Gasteiger partial charge is 0.394 e. The van der Waals surface area contributed by atoms with E-state index in [0.717, 1.165) is 18.4 Å². The Morgan fingerprint density at radius 1 is 1.56 bits per heavy atom. The average molecular weight is 288 g/mol. The maximum absolute atomic E-state index is 13.3. The Balaban J connectivity index is 2.09. The summed E-state index contributed by atoms with van der Waals surface area (Å²) in [5.41, 5.74) is 0.781. The van der Waals surface area contributed by atoms with Gasteiger partial charge in [0.2, 0.25) is 0 Å². The molecule has 4 heteroatoms. The van der Waals surface area contributed by atoms with Gasteiger partial charge >= 0.3 is 0 Å². The number of aliphatic hydroxyl groups excluding tert-OH is 1. The number of hydrogen-bond donors (Lipinski definition) is 2. The summed E-state index contributed by atoms with van der Waals surface area (Å²) in [6.45, 7) is 2.13. The van der Waals surface area contributed by atoms with Crippen molar-refractivity contribution in [3.63, 3.8) is 0 Å². The lowest BCUT2D eigenvalue weighted by Crippen LogP contribution is -2.36. The Morgan fingerprint density at radius 3 is 2.75 bits per heavy atom. The van der Waals surface area contributed by atoms with Crippen LogP contribution >= 0.6 is 15.9 Å². The van der Waals surface area contributed by atoms with E-state index in [4.69, 9.17) is 0 Å². The third-order valence-corrected chi connectivity index (χ3v) is 3.77. The van der Waals surface area contributed by atoms with Gasteiger partial charge in [0.25, 0.3) is 0 Å². The van der Waals surface area contributed by atoms with E-state index >= 15 is 0 Å². The second-order valence-electron chi connectivity index (χ2n) is 4.48. The molecule has 1 aliphatic carbocycles. The third kappa shape index (κ3) is 2.44. The van der Waals surface area contributed by atoms with Crippen LogP contribution in [0.2, 0.25) is 0 Å². The lowest BCUT2D eigenvalue weighted by Gasteiger charge is -2.21. The summed E-state index contributed by atoms with van der Waals surface area (Å²) in [4.78, 5) is 0. The molecule has 0 spiro atoms. The summed E-state index contributed by atoms with van der Waals surface area (Å²) < 4.78 is 13.8. The van der Waals surface area contributed by atoms with Crippen molar-refractivity contribution in [1.82, 2.24) is 5.32 Å². The minimum Gasteiger partial charge on any atom is -0.394 e. The van der Waals surface area contributed by atoms with E-state index in [0.29, 0.717) is 4.47 Å². The highest BCUT2D eigenvalue weighted by atomic mass is 79.9. The van der Waals surface area contributed by atoms with Gasteiger partial charge < -0.3 is 10.4 Å². The van der Waals surface area contributed by atoms with Crippen molar-refractivity contribution in [2.24, 2.45) is 0 Å². The van der Waals surface area contributed by atoms with Crippen LogP contribution in [0.4, 0.5) is 4.39 Å². The van der Waals surface area contributed by atoms with E-state index in [2.05, 4.69) is 21.2 Å². The predicted molar refractivity (Wildman–Crippen MR) is 64.7 cm³/mol. The minimum atomic E-state index is -0.250. The number of aliphatic hydroxyl groups is 1. The van der Waals surface area contributed by atoms with Crippen LogP contribution in [0.1, 0.15) is 31.4 Å². The van der Waals surface area contributed by atoms with Crippen molar-refractivity contribution in [2.45, 2.75) is 31.3 Å². The van der Waals surface area contributed by atoms with Crippen LogP contribution in [0, 0.1) is 5.82 Å². The first-order chi connectivity index (χ1) is 7.56. The average Bonchev–Trinajstić information content (AvgIpc) is 3.02. The molecule has 16 heavy (non-hydrogen) atoms. The number of rotatable bonds is 4. The molecule has 88 valence electrons. The van der Waals surface area contributed by atoms with Crippen LogP contribution in [-0.4, -0.2) is 17.3 Å². The summed E-state index contributed by atoms with van der Waals surface area (Å²) in [5.74, 6) is -0.250. The fourth-order valence-electron chi connectivity index (χ4n) is 1.82. The second-order valence-corrected chi connectivity index (χ2v) is 5.33. The molecule has 2 rings (SSSR count). The molecular formula is C12H15BrFNO. The van der Waals surface area contributed by atoms with Crippen molar-refractivity contribution >= 4 is 15.9 Å². The van der Waals surface area contributed by atoms with Gasteiger partial charge in [-0.15, -0.1) is 0 Å². The smallest absolute Gasteiger partial charge is 0.137 e. The molecule has 0 heterocycles. The topological polar surface area (TPSA) is 32.3 Å². The number of hydrogen-bond acceptors (Lipinski definition) is 2. The monoisotopic (exact) mass is 287 g/mol. The molecule has 1 saturated carbocycles. The molecule has 1 aromatic rings. The van der Waals surface area contributed by atoms with Crippen LogP contribution in [0.3, 0.4) is 0 Å². The van der Waals surface area contributed by atoms with Crippen LogP contribution in [0.15, 0.2) is 22.7 Å². The summed E-state index contributed by atoms with van der Waals surface area (Å²) in [6, 6.07) is 5.17. The Kier molecular flexibility index (Phi) is 3.33. The molecule has 0 aromatic heterocycles. The normalized spacial score (nSPS) is 19.5. The van der Waals surface area contributed by atoms with E-state index in [9.17, 15) is 9.50 Å². The van der Waals surface area contributed by atoms with Gasteiger partial charge in [-0.25, -0.2) is 4.39 Å². The second kappa shape index (κ2) is 4.43. The van der Waals surface area contributed by atoms with Gasteiger partial charge in [-0.3, -0.25) is 0 Å². The van der Waals surface area contributed by atoms with E-state index < -0.39 is 0 Å². The van der Waals surface area contributed by atoms with Crippen molar-refractivity contribution in [2.75, 3.05) is 6.61 Å². The van der Waals surface area contributed by atoms with Gasteiger partial charge in [0.1, 0.15) is 5.82 Å². The van der Waals surface area contributed by atoms with Crippen LogP contribution in [-0.2, 0) is 0 Å². The number of nitrogens with one attached hydrogen (secondary N) is 1. The van der Waals surface area contributed by atoms with Gasteiger partial charge in [-0.1, -0.05) is 6.07 Å². The molecule has 0 amide bonds. The summed E-state index contributed by atoms with van der Waals surface area (Å²) in [5, 5.41) is 12.6. The molecule has 1 fully saturated rings. The first-order valence-electron chi connectivity index (χ1n) is 5.40. The zero-order valence-corrected chi connectivity index (χ0v) is 10.7. The van der Waals surface area contributed by atoms with Crippen LogP contribution in [0.25, 0.3) is 0 Å². The Bertz CT molecular complexity index is 393. The van der Waals surface area contributed by atoms with Crippen molar-refractivity contribution in [3.05, 3.63) is 34.1 Å². The Hall–Kier alpha value is -0.450. The molecule has 1 atom stereocenters. The SMILES string of the molecule is CC(NC1(CO)CC1)c1ccc(Br)c(F)c1. The van der Waals surface area contributed by atoms with Gasteiger partial charge in [0, 0.05) is 11.6 Å². The standard InChI is InChI=1S/C12H15BrFNO/c1-8(15-12(7-16)4-5-12)9-2-3-10(13)11(14)6-9/h2-3,6,8,15-16H,4-5,7H2,1H3. The van der Waals surface area contributed by atoms with E-state index in [-0.39, 0.29) is 24.0 Å². The molecule has 2 N–H and O–H groups in total. The van der Waals surface area contributed by atoms with E-state index in [1.54, 1.807) is 6.07 Å². The molecule has 1 aliphatic rings. The zero-order chi connectivity index (χ0) is 11.8. The highest BCUT2D eigenvalue weighted by molar-refractivity contribution is 9.10. The van der Waals surface area contributed by atoms with E-state index in [1.165, 1.54) is 6.07 Å². The van der Waals surface area contributed by atoms with Crippen molar-refractivity contribution < 1.29 is 9.50 Å². The molecule has 2 nitrogen and oxygen atoms in total. The molecule has 0 radical (unpaired) electrons. The molecule has 0 aliphatic heterocycles. The minimum absolute atomic E-state index is 0.0530. The summed E-state index contributed by atoms with van der Waals surface area (Å²) in [7, 11) is 0. The fourth-order valence-corrected chi connectivity index (χ4v) is 2.07. The maximum Gasteiger partial charge on any atom is 0.137 e. The van der Waals surface area contributed by atoms with E-state index in [1.807, 2.05) is 13.0 Å². The van der Waals surface area contributed by atoms with Crippen LogP contribution < -0.4 is 5.32 Å². The zero-order valence-electron chi connectivity index (χ0n) is 9.13. The highest BCUT2D eigenvalue weighted by Crippen LogP contribution is 2.37. The summed E-state index contributed by atoms with van der Waals surface area (Å²) >= 11 is 3.13.